The van der Waals surface area contributed by atoms with Crippen molar-refractivity contribution in [2.45, 2.75) is 25.0 Å². The quantitative estimate of drug-likeness (QED) is 0.220. The van der Waals surface area contributed by atoms with E-state index < -0.39 is 24.2 Å². The number of fused-ring (bicyclic) bond motifs is 1. The van der Waals surface area contributed by atoms with Gasteiger partial charge in [-0.15, -0.1) is 0 Å². The molecular weight excluding hydrogens is 500 g/mol. The zero-order valence-electron chi connectivity index (χ0n) is 17.6. The van der Waals surface area contributed by atoms with Gasteiger partial charge in [-0.1, -0.05) is 22.0 Å². The third-order valence-electron chi connectivity index (χ3n) is 4.79. The number of hydrogen-bond donors (Lipinski definition) is 4. The molecule has 0 bridgehead atoms. The van der Waals surface area contributed by atoms with E-state index in [0.29, 0.717) is 40.1 Å². The molecule has 2 amide bonds. The molecule has 33 heavy (non-hydrogen) atoms. The average Bonchev–Trinajstić information content (AvgIpc) is 3.27. The number of carbonyl (C=O) groups is 2. The molecule has 2 aromatic carbocycles. The van der Waals surface area contributed by atoms with Crippen LogP contribution in [-0.2, 0) is 14.3 Å². The first kappa shape index (κ1) is 24.4. The summed E-state index contributed by atoms with van der Waals surface area (Å²) in [5.41, 5.74) is 2.28. The molecule has 0 fully saturated rings. The second-order valence-electron chi connectivity index (χ2n) is 6.95. The van der Waals surface area contributed by atoms with Crippen LogP contribution in [0.15, 0.2) is 53.0 Å². The van der Waals surface area contributed by atoms with E-state index in [9.17, 15) is 14.7 Å². The van der Waals surface area contributed by atoms with Crippen molar-refractivity contribution >= 4 is 33.6 Å². The molecule has 3 rings (SSSR count). The van der Waals surface area contributed by atoms with Gasteiger partial charge in [0.15, 0.2) is 17.6 Å². The number of hydrogen-bond acceptors (Lipinski definition) is 8. The molecule has 11 heteroatoms. The van der Waals surface area contributed by atoms with Crippen molar-refractivity contribution in [1.82, 2.24) is 5.48 Å². The van der Waals surface area contributed by atoms with E-state index in [1.165, 1.54) is 24.7 Å². The zero-order chi connectivity index (χ0) is 23.8. The summed E-state index contributed by atoms with van der Waals surface area (Å²) in [7, 11) is 1.45. The van der Waals surface area contributed by atoms with E-state index in [-0.39, 0.29) is 12.5 Å². The number of phenols is 1. The molecule has 1 aliphatic heterocycles. The van der Waals surface area contributed by atoms with Crippen LogP contribution in [0.1, 0.15) is 24.5 Å². The Morgan fingerprint density at radius 1 is 1.21 bits per heavy atom. The highest BCUT2D eigenvalue weighted by atomic mass is 79.9. The Bertz CT molecular complexity index is 1030. The maximum atomic E-state index is 12.7. The number of hydroxylamine groups is 1. The van der Waals surface area contributed by atoms with Crippen LogP contribution in [0.4, 0.5) is 10.5 Å². The number of nitrogens with one attached hydrogen (secondary N) is 2. The van der Waals surface area contributed by atoms with Gasteiger partial charge in [-0.05, 0) is 43.2 Å². The lowest BCUT2D eigenvalue weighted by Crippen LogP contribution is -2.28. The molecule has 0 saturated heterocycles. The number of allylic oxidation sites excluding steroid dienone is 1. The van der Waals surface area contributed by atoms with E-state index >= 15 is 0 Å². The maximum Gasteiger partial charge on any atom is 0.412 e. The lowest BCUT2D eigenvalue weighted by Gasteiger charge is -2.27. The summed E-state index contributed by atoms with van der Waals surface area (Å²) in [6, 6.07) is 9.69. The van der Waals surface area contributed by atoms with Crippen molar-refractivity contribution in [1.29, 1.82) is 0 Å². The van der Waals surface area contributed by atoms with Gasteiger partial charge in [-0.3, -0.25) is 15.3 Å². The van der Waals surface area contributed by atoms with Crippen LogP contribution in [0.3, 0.4) is 0 Å². The average molecular weight is 523 g/mol. The van der Waals surface area contributed by atoms with Crippen LogP contribution in [0.2, 0.25) is 0 Å². The highest BCUT2D eigenvalue weighted by Crippen LogP contribution is 2.36. The molecule has 0 aliphatic carbocycles. The van der Waals surface area contributed by atoms with Gasteiger partial charge in [0.25, 0.3) is 5.91 Å². The molecule has 0 aromatic heterocycles. The predicted octanol–water partition coefficient (Wildman–Crippen LogP) is 4.03. The normalized spacial score (nSPS) is 14.0. The first-order valence-corrected chi connectivity index (χ1v) is 10.7. The van der Waals surface area contributed by atoms with E-state index in [2.05, 4.69) is 21.2 Å². The number of benzene rings is 2. The van der Waals surface area contributed by atoms with Gasteiger partial charge in [0.05, 0.1) is 6.10 Å². The van der Waals surface area contributed by atoms with Crippen LogP contribution >= 0.6 is 15.9 Å². The molecule has 1 heterocycles. The first-order chi connectivity index (χ1) is 15.9. The fourth-order valence-corrected chi connectivity index (χ4v) is 3.59. The first-order valence-electron chi connectivity index (χ1n) is 9.90. The fourth-order valence-electron chi connectivity index (χ4n) is 3.21. The summed E-state index contributed by atoms with van der Waals surface area (Å²) in [6.07, 6.45) is 1.05. The minimum absolute atomic E-state index is 0.0728. The number of anilines is 1. The van der Waals surface area contributed by atoms with Gasteiger partial charge in [0.1, 0.15) is 5.75 Å². The number of methoxy groups -OCH3 is 1. The van der Waals surface area contributed by atoms with E-state index in [0.717, 1.165) is 0 Å². The van der Waals surface area contributed by atoms with Gasteiger partial charge in [-0.2, -0.15) is 0 Å². The molecule has 2 aromatic rings. The number of halogens is 1. The van der Waals surface area contributed by atoms with Crippen LogP contribution < -0.4 is 20.3 Å². The van der Waals surface area contributed by atoms with Gasteiger partial charge < -0.3 is 24.1 Å². The number of aromatic hydroxyl groups is 1. The minimum Gasteiger partial charge on any atom is -0.508 e. The molecule has 0 saturated carbocycles. The van der Waals surface area contributed by atoms with Gasteiger partial charge >= 0.3 is 6.09 Å². The molecule has 0 unspecified atom stereocenters. The Kier molecular flexibility index (Phi) is 8.52. The monoisotopic (exact) mass is 522 g/mol. The summed E-state index contributed by atoms with van der Waals surface area (Å²) in [6.45, 7) is 0.109. The Morgan fingerprint density at radius 2 is 2.00 bits per heavy atom. The van der Waals surface area contributed by atoms with Gasteiger partial charge in [-0.25, -0.2) is 10.3 Å². The summed E-state index contributed by atoms with van der Waals surface area (Å²) in [5, 5.41) is 21.6. The maximum absolute atomic E-state index is 12.7. The second-order valence-corrected chi connectivity index (χ2v) is 7.87. The van der Waals surface area contributed by atoms with Crippen molar-refractivity contribution < 1.29 is 38.9 Å². The van der Waals surface area contributed by atoms with Crippen molar-refractivity contribution in [3.05, 3.63) is 58.6 Å². The smallest absolute Gasteiger partial charge is 0.412 e. The molecule has 1 aliphatic rings. The molecule has 0 spiro atoms. The lowest BCUT2D eigenvalue weighted by molar-refractivity contribution is -0.124. The Labute approximate surface area is 198 Å². The molecule has 10 nitrogen and oxygen atoms in total. The van der Waals surface area contributed by atoms with E-state index in [1.54, 1.807) is 36.4 Å². The van der Waals surface area contributed by atoms with E-state index in [1.807, 2.05) is 0 Å². The molecule has 0 radical (unpaired) electrons. The molecule has 176 valence electrons. The SMILES string of the molecule is CO[C@H](CC/C=C/C(=O)NO)[C@H](OC(=O)Nc1ccc2c(c1)OCO2)c1cc(Br)ccc1O. The molecule has 4 N–H and O–H groups in total. The van der Waals surface area contributed by atoms with Crippen molar-refractivity contribution in [2.24, 2.45) is 0 Å². The summed E-state index contributed by atoms with van der Waals surface area (Å²) >= 11 is 3.36. The van der Waals surface area contributed by atoms with Crippen molar-refractivity contribution in [2.75, 3.05) is 19.2 Å². The van der Waals surface area contributed by atoms with Crippen LogP contribution in [-0.4, -0.2) is 42.3 Å². The van der Waals surface area contributed by atoms with Crippen molar-refractivity contribution in [3.63, 3.8) is 0 Å². The fraction of sp³-hybridized carbons (Fsp3) is 0.273. The second kappa shape index (κ2) is 11.5. The van der Waals surface area contributed by atoms with Gasteiger partial charge in [0, 0.05) is 35.0 Å². The zero-order valence-corrected chi connectivity index (χ0v) is 19.2. The highest BCUT2D eigenvalue weighted by Gasteiger charge is 2.29. The van der Waals surface area contributed by atoms with Crippen LogP contribution in [0.25, 0.3) is 0 Å². The summed E-state index contributed by atoms with van der Waals surface area (Å²) in [4.78, 5) is 23.9. The third-order valence-corrected chi connectivity index (χ3v) is 5.28. The van der Waals surface area contributed by atoms with E-state index in [4.69, 9.17) is 24.2 Å². The topological polar surface area (TPSA) is 136 Å². The molecule has 2 atom stereocenters. The molecular formula is C22H23BrN2O8. The summed E-state index contributed by atoms with van der Waals surface area (Å²) < 4.78 is 22.5. The number of ether oxygens (including phenoxy) is 4. The highest BCUT2D eigenvalue weighted by molar-refractivity contribution is 9.10. The third kappa shape index (κ3) is 6.60. The Hall–Kier alpha value is -3.28. The van der Waals surface area contributed by atoms with Crippen LogP contribution in [0, 0.1) is 0 Å². The standard InChI is InChI=1S/C22H23BrN2O8/c1-30-18(4-2-3-5-20(27)25-29)21(15-10-13(23)6-8-16(15)26)33-22(28)24-14-7-9-17-19(11-14)32-12-31-17/h3,5-11,18,21,26,29H,2,4,12H2,1H3,(H,24,28)(H,25,27)/b5-3+/t18-,21-/m1/s1. The van der Waals surface area contributed by atoms with Crippen LogP contribution in [0.5, 0.6) is 17.2 Å². The lowest BCUT2D eigenvalue weighted by atomic mass is 9.99. The van der Waals surface area contributed by atoms with Crippen molar-refractivity contribution in [3.8, 4) is 17.2 Å². The minimum atomic E-state index is -0.971. The number of phenolic OH excluding ortho intramolecular Hbond substituents is 1. The Balaban J connectivity index is 1.77. The largest absolute Gasteiger partial charge is 0.508 e. The Morgan fingerprint density at radius 3 is 2.76 bits per heavy atom. The number of carbonyl (C=O) groups excluding carboxylic acids is 2. The number of amides is 2. The predicted molar refractivity (Wildman–Crippen MR) is 120 cm³/mol. The number of rotatable bonds is 9. The van der Waals surface area contributed by atoms with Gasteiger partial charge in [0.2, 0.25) is 6.79 Å². The summed E-state index contributed by atoms with van der Waals surface area (Å²) in [5.74, 6) is 0.344.